The summed E-state index contributed by atoms with van der Waals surface area (Å²) in [6.07, 6.45) is 0. The number of rotatable bonds is 6. The Labute approximate surface area is 170 Å². The molecule has 0 aliphatic carbocycles. The predicted molar refractivity (Wildman–Crippen MR) is 115 cm³/mol. The van der Waals surface area contributed by atoms with E-state index in [2.05, 4.69) is 9.55 Å². The summed E-state index contributed by atoms with van der Waals surface area (Å²) in [5.74, 6) is 1.65. The Morgan fingerprint density at radius 3 is 2.41 bits per heavy atom. The molecule has 5 heteroatoms. The zero-order valence-corrected chi connectivity index (χ0v) is 16.6. The Bertz CT molecular complexity index is 1120. The molecule has 4 aromatic rings. The van der Waals surface area contributed by atoms with Crippen LogP contribution < -0.4 is 4.74 Å². The molecular weight excluding hydrogens is 362 g/mol. The molecule has 146 valence electrons. The Kier molecular flexibility index (Phi) is 5.29. The molecule has 0 atom stereocenters. The smallest absolute Gasteiger partial charge is 0.253 e. The van der Waals surface area contributed by atoms with Crippen LogP contribution in [-0.2, 0) is 0 Å². The highest BCUT2D eigenvalue weighted by atomic mass is 16.5. The second kappa shape index (κ2) is 8.19. The topological polar surface area (TPSA) is 47.4 Å². The standard InChI is InChI=1S/C24H23N3O2/c1-18-25-22-17-19(13-14-23(22)27(18)20-9-5-3-6-10-20)24(28)26(2)15-16-29-21-11-7-4-8-12-21/h3-14,17H,15-16H2,1-2H3. The lowest BCUT2D eigenvalue weighted by molar-refractivity contribution is 0.0774. The van der Waals surface area contributed by atoms with Crippen molar-refractivity contribution in [3.8, 4) is 11.4 Å². The molecule has 0 unspecified atom stereocenters. The van der Waals surface area contributed by atoms with Crippen LogP contribution in [0.1, 0.15) is 16.2 Å². The molecule has 0 fully saturated rings. The van der Waals surface area contributed by atoms with Gasteiger partial charge in [-0.05, 0) is 49.4 Å². The number of carbonyl (C=O) groups excluding carboxylic acids is 1. The van der Waals surface area contributed by atoms with Gasteiger partial charge in [0.1, 0.15) is 18.2 Å². The number of likely N-dealkylation sites (N-methyl/N-ethyl adjacent to an activating group) is 1. The van der Waals surface area contributed by atoms with Crippen molar-refractivity contribution in [2.45, 2.75) is 6.92 Å². The molecule has 0 radical (unpaired) electrons. The number of nitrogens with zero attached hydrogens (tertiary/aromatic N) is 3. The third-order valence-corrected chi connectivity index (χ3v) is 4.87. The van der Waals surface area contributed by atoms with Gasteiger partial charge in [-0.3, -0.25) is 9.36 Å². The molecule has 5 nitrogen and oxygen atoms in total. The van der Waals surface area contributed by atoms with Crippen LogP contribution in [0.3, 0.4) is 0 Å². The first-order valence-electron chi connectivity index (χ1n) is 9.61. The number of aryl methyl sites for hydroxylation is 1. The first-order chi connectivity index (χ1) is 14.1. The molecule has 0 aliphatic heterocycles. The minimum atomic E-state index is -0.0459. The summed E-state index contributed by atoms with van der Waals surface area (Å²) in [7, 11) is 1.79. The minimum absolute atomic E-state index is 0.0459. The molecule has 0 spiro atoms. The van der Waals surface area contributed by atoms with Gasteiger partial charge < -0.3 is 9.64 Å². The molecule has 0 N–H and O–H groups in total. The fourth-order valence-corrected chi connectivity index (χ4v) is 3.38. The zero-order chi connectivity index (χ0) is 20.2. The van der Waals surface area contributed by atoms with E-state index in [0.29, 0.717) is 18.7 Å². The van der Waals surface area contributed by atoms with Crippen LogP contribution in [0.5, 0.6) is 5.75 Å². The average Bonchev–Trinajstić information content (AvgIpc) is 3.09. The number of ether oxygens (including phenoxy) is 1. The normalized spacial score (nSPS) is 10.8. The number of amides is 1. The molecule has 0 saturated carbocycles. The average molecular weight is 385 g/mol. The number of aromatic nitrogens is 2. The summed E-state index contributed by atoms with van der Waals surface area (Å²) in [5, 5.41) is 0. The molecular formula is C24H23N3O2. The van der Waals surface area contributed by atoms with Crippen LogP contribution in [-0.4, -0.2) is 40.6 Å². The summed E-state index contributed by atoms with van der Waals surface area (Å²) in [4.78, 5) is 19.2. The molecule has 3 aromatic carbocycles. The quantitative estimate of drug-likeness (QED) is 0.491. The number of carbonyl (C=O) groups is 1. The van der Waals surface area contributed by atoms with E-state index >= 15 is 0 Å². The van der Waals surface area contributed by atoms with E-state index in [9.17, 15) is 4.79 Å². The Morgan fingerprint density at radius 1 is 1.00 bits per heavy atom. The Hall–Kier alpha value is -3.60. The molecule has 29 heavy (non-hydrogen) atoms. The van der Waals surface area contributed by atoms with E-state index in [-0.39, 0.29) is 5.91 Å². The largest absolute Gasteiger partial charge is 0.492 e. The fourth-order valence-electron chi connectivity index (χ4n) is 3.38. The van der Waals surface area contributed by atoms with Crippen molar-refractivity contribution in [2.24, 2.45) is 0 Å². The van der Waals surface area contributed by atoms with Crippen molar-refractivity contribution in [1.29, 1.82) is 0 Å². The van der Waals surface area contributed by atoms with Gasteiger partial charge in [-0.1, -0.05) is 36.4 Å². The van der Waals surface area contributed by atoms with Crippen molar-refractivity contribution in [3.63, 3.8) is 0 Å². The van der Waals surface area contributed by atoms with E-state index in [1.165, 1.54) is 0 Å². The van der Waals surface area contributed by atoms with Crippen LogP contribution in [0.2, 0.25) is 0 Å². The minimum Gasteiger partial charge on any atom is -0.492 e. The van der Waals surface area contributed by atoms with Crippen LogP contribution in [0, 0.1) is 6.92 Å². The van der Waals surface area contributed by atoms with Crippen LogP contribution in [0.15, 0.2) is 78.9 Å². The number of fused-ring (bicyclic) bond motifs is 1. The summed E-state index contributed by atoms with van der Waals surface area (Å²) in [6, 6.07) is 25.4. The van der Waals surface area contributed by atoms with Gasteiger partial charge in [0.2, 0.25) is 0 Å². The summed E-state index contributed by atoms with van der Waals surface area (Å²) >= 11 is 0. The third kappa shape index (κ3) is 3.99. The predicted octanol–water partition coefficient (Wildman–Crippen LogP) is 4.48. The Morgan fingerprint density at radius 2 is 1.69 bits per heavy atom. The second-order valence-corrected chi connectivity index (χ2v) is 6.92. The summed E-state index contributed by atoms with van der Waals surface area (Å²) in [5.41, 5.74) is 3.48. The number of hydrogen-bond donors (Lipinski definition) is 0. The number of imidazole rings is 1. The molecule has 0 saturated heterocycles. The maximum absolute atomic E-state index is 12.8. The monoisotopic (exact) mass is 385 g/mol. The van der Waals surface area contributed by atoms with Crippen LogP contribution >= 0.6 is 0 Å². The molecule has 1 heterocycles. The highest BCUT2D eigenvalue weighted by molar-refractivity contribution is 5.97. The molecule has 1 aromatic heterocycles. The number of benzene rings is 3. The Balaban J connectivity index is 1.49. The zero-order valence-electron chi connectivity index (χ0n) is 16.6. The number of hydrogen-bond acceptors (Lipinski definition) is 3. The van der Waals surface area contributed by atoms with Gasteiger partial charge >= 0.3 is 0 Å². The van der Waals surface area contributed by atoms with Crippen molar-refractivity contribution < 1.29 is 9.53 Å². The first kappa shape index (κ1) is 18.7. The molecule has 1 amide bonds. The SMILES string of the molecule is Cc1nc2cc(C(=O)N(C)CCOc3ccccc3)ccc2n1-c1ccccc1. The summed E-state index contributed by atoms with van der Waals surface area (Å²) in [6.45, 7) is 2.92. The third-order valence-electron chi connectivity index (χ3n) is 4.87. The molecule has 0 bridgehead atoms. The van der Waals surface area contributed by atoms with Crippen LogP contribution in [0.4, 0.5) is 0 Å². The highest BCUT2D eigenvalue weighted by Gasteiger charge is 2.15. The van der Waals surface area contributed by atoms with E-state index in [1.807, 2.05) is 85.8 Å². The van der Waals surface area contributed by atoms with Crippen LogP contribution in [0.25, 0.3) is 16.7 Å². The lowest BCUT2D eigenvalue weighted by atomic mass is 10.1. The van der Waals surface area contributed by atoms with E-state index in [4.69, 9.17) is 4.74 Å². The first-order valence-corrected chi connectivity index (χ1v) is 9.61. The van der Waals surface area contributed by atoms with Crippen molar-refractivity contribution in [1.82, 2.24) is 14.5 Å². The maximum atomic E-state index is 12.8. The summed E-state index contributed by atoms with van der Waals surface area (Å²) < 4.78 is 7.79. The number of para-hydroxylation sites is 2. The second-order valence-electron chi connectivity index (χ2n) is 6.92. The van der Waals surface area contributed by atoms with Crippen molar-refractivity contribution in [2.75, 3.05) is 20.2 Å². The van der Waals surface area contributed by atoms with Gasteiger partial charge in [0.05, 0.1) is 17.6 Å². The van der Waals surface area contributed by atoms with Gasteiger partial charge in [-0.2, -0.15) is 0 Å². The van der Waals surface area contributed by atoms with Gasteiger partial charge in [0.25, 0.3) is 5.91 Å². The maximum Gasteiger partial charge on any atom is 0.253 e. The lowest BCUT2D eigenvalue weighted by Gasteiger charge is -2.17. The van der Waals surface area contributed by atoms with Gasteiger partial charge in [-0.15, -0.1) is 0 Å². The van der Waals surface area contributed by atoms with Gasteiger partial charge in [0, 0.05) is 18.3 Å². The van der Waals surface area contributed by atoms with E-state index < -0.39 is 0 Å². The van der Waals surface area contributed by atoms with Crippen molar-refractivity contribution >= 4 is 16.9 Å². The van der Waals surface area contributed by atoms with Crippen molar-refractivity contribution in [3.05, 3.63) is 90.3 Å². The fraction of sp³-hybridized carbons (Fsp3) is 0.167. The van der Waals surface area contributed by atoms with E-state index in [0.717, 1.165) is 28.3 Å². The van der Waals surface area contributed by atoms with Gasteiger partial charge in [0.15, 0.2) is 0 Å². The van der Waals surface area contributed by atoms with Gasteiger partial charge in [-0.25, -0.2) is 4.98 Å². The van der Waals surface area contributed by atoms with E-state index in [1.54, 1.807) is 11.9 Å². The lowest BCUT2D eigenvalue weighted by Crippen LogP contribution is -2.30. The highest BCUT2D eigenvalue weighted by Crippen LogP contribution is 2.22. The molecule has 4 rings (SSSR count). The molecule has 0 aliphatic rings.